The fourth-order valence-corrected chi connectivity index (χ4v) is 5.75. The van der Waals surface area contributed by atoms with E-state index in [0.29, 0.717) is 0 Å². The van der Waals surface area contributed by atoms with E-state index in [9.17, 15) is 23.1 Å². The molecular weight excluding hydrogens is 511 g/mol. The normalized spacial score (nSPS) is 24.2. The third-order valence-electron chi connectivity index (χ3n) is 7.61. The zero-order valence-electron chi connectivity index (χ0n) is 21.9. The van der Waals surface area contributed by atoms with Gasteiger partial charge in [-0.05, 0) is 48.1 Å². The van der Waals surface area contributed by atoms with E-state index >= 15 is 0 Å². The summed E-state index contributed by atoms with van der Waals surface area (Å²) in [7, 11) is 1.48. The van der Waals surface area contributed by atoms with Crippen LogP contribution in [0.5, 0.6) is 0 Å². The number of ether oxygens (including phenoxy) is 2. The van der Waals surface area contributed by atoms with Crippen LogP contribution in [-0.4, -0.2) is 71.2 Å². The van der Waals surface area contributed by atoms with Gasteiger partial charge in [-0.1, -0.05) is 48.5 Å². The first-order chi connectivity index (χ1) is 18.7. The predicted molar refractivity (Wildman–Crippen MR) is 138 cm³/mol. The summed E-state index contributed by atoms with van der Waals surface area (Å²) in [6, 6.07) is 13.1. The smallest absolute Gasteiger partial charge is 0.408 e. The van der Waals surface area contributed by atoms with Crippen molar-refractivity contribution in [1.82, 2.24) is 14.9 Å². The van der Waals surface area contributed by atoms with Crippen molar-refractivity contribution >= 4 is 5.91 Å². The van der Waals surface area contributed by atoms with Crippen LogP contribution in [0.3, 0.4) is 0 Å². The maximum atomic E-state index is 14.3. The van der Waals surface area contributed by atoms with Crippen molar-refractivity contribution in [3.63, 3.8) is 0 Å². The Morgan fingerprint density at radius 1 is 1.08 bits per heavy atom. The second-order valence-electron chi connectivity index (χ2n) is 9.91. The standard InChI is InChI=1S/C29H32F3N3O4/c1-19(29(30,31)32)34-25(14-17-38-2)35(33-15-7-16-39-18-24(36)27(33)28(34)37)26-22-10-5-3-8-20(22)12-13-21-9-4-6-11-23(21)26/h3-11,15,19,25-26,36H,12-14,16-18H2,1-2H3/b15-7-,27-24+/t19-,25+/m0/s1. The van der Waals surface area contributed by atoms with Gasteiger partial charge < -0.3 is 19.5 Å². The molecule has 2 heterocycles. The number of hydrogen-bond donors (Lipinski definition) is 1. The molecule has 0 spiro atoms. The Morgan fingerprint density at radius 3 is 2.28 bits per heavy atom. The maximum Gasteiger partial charge on any atom is 0.408 e. The second kappa shape index (κ2) is 11.0. The molecule has 7 nitrogen and oxygen atoms in total. The summed E-state index contributed by atoms with van der Waals surface area (Å²) in [5, 5.41) is 14.3. The van der Waals surface area contributed by atoms with E-state index < -0.39 is 36.1 Å². The highest BCUT2D eigenvalue weighted by Crippen LogP contribution is 2.45. The topological polar surface area (TPSA) is 65.5 Å². The number of amides is 1. The van der Waals surface area contributed by atoms with Gasteiger partial charge in [0.2, 0.25) is 0 Å². The van der Waals surface area contributed by atoms with E-state index in [1.54, 1.807) is 17.3 Å². The van der Waals surface area contributed by atoms with Gasteiger partial charge in [0.05, 0.1) is 12.6 Å². The molecule has 0 aromatic heterocycles. The summed E-state index contributed by atoms with van der Waals surface area (Å²) in [6.45, 7) is 0.967. The highest BCUT2D eigenvalue weighted by atomic mass is 19.4. The summed E-state index contributed by atoms with van der Waals surface area (Å²) < 4.78 is 53.7. The molecule has 2 aliphatic heterocycles. The lowest BCUT2D eigenvalue weighted by atomic mass is 9.92. The first kappa shape index (κ1) is 27.2. The third kappa shape index (κ3) is 5.04. The van der Waals surface area contributed by atoms with E-state index in [0.717, 1.165) is 46.9 Å². The second-order valence-corrected chi connectivity index (χ2v) is 9.91. The van der Waals surface area contributed by atoms with E-state index in [2.05, 4.69) is 0 Å². The number of carbonyl (C=O) groups is 1. The number of aryl methyl sites for hydroxylation is 2. The van der Waals surface area contributed by atoms with Gasteiger partial charge in [0.25, 0.3) is 5.91 Å². The number of methoxy groups -OCH3 is 1. The van der Waals surface area contributed by atoms with Crippen LogP contribution in [0, 0.1) is 0 Å². The number of nitrogens with zero attached hydrogens (tertiary/aromatic N) is 3. The lowest BCUT2D eigenvalue weighted by Crippen LogP contribution is -2.67. The fourth-order valence-electron chi connectivity index (χ4n) is 5.75. The van der Waals surface area contributed by atoms with E-state index in [-0.39, 0.29) is 31.9 Å². The Kier molecular flexibility index (Phi) is 7.70. The van der Waals surface area contributed by atoms with Crippen molar-refractivity contribution < 1.29 is 32.5 Å². The van der Waals surface area contributed by atoms with Crippen LogP contribution in [0.25, 0.3) is 0 Å². The molecule has 1 aliphatic carbocycles. The minimum atomic E-state index is -4.70. The van der Waals surface area contributed by atoms with Crippen LogP contribution in [-0.2, 0) is 27.1 Å². The number of aliphatic hydroxyl groups is 1. The number of aliphatic hydroxyl groups excluding tert-OH is 1. The van der Waals surface area contributed by atoms with E-state index in [4.69, 9.17) is 9.47 Å². The zero-order valence-corrected chi connectivity index (χ0v) is 21.9. The average Bonchev–Trinajstić information content (AvgIpc) is 3.06. The molecule has 2 aromatic carbocycles. The molecule has 39 heavy (non-hydrogen) atoms. The molecule has 0 unspecified atom stereocenters. The highest BCUT2D eigenvalue weighted by Gasteiger charge is 2.54. The molecule has 1 amide bonds. The molecule has 1 fully saturated rings. The molecule has 5 rings (SSSR count). The van der Waals surface area contributed by atoms with Crippen molar-refractivity contribution in [2.24, 2.45) is 0 Å². The van der Waals surface area contributed by atoms with Crippen LogP contribution in [0.15, 0.2) is 72.3 Å². The molecule has 1 N–H and O–H groups in total. The van der Waals surface area contributed by atoms with Crippen LogP contribution < -0.4 is 0 Å². The number of rotatable bonds is 5. The van der Waals surface area contributed by atoms with E-state index in [1.165, 1.54) is 12.1 Å². The number of hydrazine groups is 1. The number of alkyl halides is 3. The quantitative estimate of drug-likeness (QED) is 0.581. The Morgan fingerprint density at radius 2 is 1.69 bits per heavy atom. The lowest BCUT2D eigenvalue weighted by Gasteiger charge is -2.54. The van der Waals surface area contributed by atoms with Gasteiger partial charge in [0.1, 0.15) is 24.6 Å². The van der Waals surface area contributed by atoms with Crippen molar-refractivity contribution in [3.05, 3.63) is 94.5 Å². The molecule has 3 aliphatic rings. The molecular formula is C29H32F3N3O4. The summed E-state index contributed by atoms with van der Waals surface area (Å²) in [5.74, 6) is -1.34. The molecule has 2 atom stereocenters. The minimum absolute atomic E-state index is 0.109. The predicted octanol–water partition coefficient (Wildman–Crippen LogP) is 4.86. The Labute approximate surface area is 225 Å². The summed E-state index contributed by atoms with van der Waals surface area (Å²) >= 11 is 0. The van der Waals surface area contributed by atoms with Gasteiger partial charge in [-0.3, -0.25) is 9.80 Å². The van der Waals surface area contributed by atoms with E-state index in [1.807, 2.05) is 48.5 Å². The van der Waals surface area contributed by atoms with Gasteiger partial charge in [0.15, 0.2) is 5.70 Å². The molecule has 2 aromatic rings. The van der Waals surface area contributed by atoms with Gasteiger partial charge in [-0.2, -0.15) is 18.2 Å². The Bertz CT molecular complexity index is 1230. The van der Waals surface area contributed by atoms with Gasteiger partial charge in [0, 0.05) is 26.3 Å². The maximum absolute atomic E-state index is 14.3. The SMILES string of the molecule is COCC[C@@H]1N([C@@H](C)C(F)(F)F)C(=O)/C2=C(\O)COC/C=C\N2N1C1c2ccccc2CCc2ccccc21. The molecule has 208 valence electrons. The number of benzene rings is 2. The van der Waals surface area contributed by atoms with Gasteiger partial charge >= 0.3 is 6.18 Å². The first-order valence-corrected chi connectivity index (χ1v) is 13.0. The molecule has 1 saturated heterocycles. The van der Waals surface area contributed by atoms with Crippen LogP contribution in [0.1, 0.15) is 41.6 Å². The van der Waals surface area contributed by atoms with Crippen molar-refractivity contribution in [3.8, 4) is 0 Å². The first-order valence-electron chi connectivity index (χ1n) is 13.0. The number of carbonyl (C=O) groups excluding carboxylic acids is 1. The monoisotopic (exact) mass is 543 g/mol. The summed E-state index contributed by atoms with van der Waals surface area (Å²) in [4.78, 5) is 14.7. The Hall–Kier alpha value is -3.34. The van der Waals surface area contributed by atoms with Crippen LogP contribution in [0.2, 0.25) is 0 Å². The summed E-state index contributed by atoms with van der Waals surface area (Å²) in [5.41, 5.74) is 3.76. The lowest BCUT2D eigenvalue weighted by molar-refractivity contribution is -0.222. The third-order valence-corrected chi connectivity index (χ3v) is 7.61. The van der Waals surface area contributed by atoms with Gasteiger partial charge in [-0.25, -0.2) is 0 Å². The largest absolute Gasteiger partial charge is 0.507 e. The molecule has 0 radical (unpaired) electrons. The van der Waals surface area contributed by atoms with Crippen LogP contribution in [0.4, 0.5) is 13.2 Å². The summed E-state index contributed by atoms with van der Waals surface area (Å²) in [6.07, 6.45) is -0.805. The zero-order chi connectivity index (χ0) is 27.7. The number of fused-ring (bicyclic) bond motifs is 3. The molecule has 0 bridgehead atoms. The van der Waals surface area contributed by atoms with Gasteiger partial charge in [-0.15, -0.1) is 0 Å². The van der Waals surface area contributed by atoms with Crippen molar-refractivity contribution in [1.29, 1.82) is 0 Å². The molecule has 10 heteroatoms. The van der Waals surface area contributed by atoms with Crippen LogP contribution >= 0.6 is 0 Å². The fraction of sp³-hybridized carbons (Fsp3) is 0.414. The number of hydrogen-bond acceptors (Lipinski definition) is 6. The Balaban J connectivity index is 1.80. The highest BCUT2D eigenvalue weighted by molar-refractivity contribution is 5.94. The number of halogens is 3. The average molecular weight is 544 g/mol. The van der Waals surface area contributed by atoms with Crippen molar-refractivity contribution in [2.75, 3.05) is 26.9 Å². The minimum Gasteiger partial charge on any atom is -0.507 e. The van der Waals surface area contributed by atoms with Crippen molar-refractivity contribution in [2.45, 2.75) is 50.6 Å². The molecule has 0 saturated carbocycles.